The summed E-state index contributed by atoms with van der Waals surface area (Å²) >= 11 is 0. The summed E-state index contributed by atoms with van der Waals surface area (Å²) in [6.07, 6.45) is 4.46. The van der Waals surface area contributed by atoms with E-state index in [2.05, 4.69) is 5.32 Å². The van der Waals surface area contributed by atoms with Crippen molar-refractivity contribution < 1.29 is 18.3 Å². The van der Waals surface area contributed by atoms with Gasteiger partial charge in [-0.05, 0) is 42.8 Å². The molecular weight excluding hydrogens is 273 g/mol. The van der Waals surface area contributed by atoms with Crippen LogP contribution in [0.4, 0.5) is 4.39 Å². The van der Waals surface area contributed by atoms with E-state index in [0.717, 1.165) is 0 Å². The van der Waals surface area contributed by atoms with E-state index in [0.29, 0.717) is 11.3 Å². The van der Waals surface area contributed by atoms with E-state index in [4.69, 9.17) is 9.15 Å². The van der Waals surface area contributed by atoms with Gasteiger partial charge in [-0.1, -0.05) is 6.07 Å². The first-order chi connectivity index (χ1) is 10.1. The maximum atomic E-state index is 13.6. The van der Waals surface area contributed by atoms with Crippen molar-refractivity contribution in [2.45, 2.75) is 13.0 Å². The SMILES string of the molecule is COc1ccc([C@H](C)NC(=O)/C=C/c2ccco2)cc1F. The molecule has 1 heterocycles. The maximum Gasteiger partial charge on any atom is 0.244 e. The highest BCUT2D eigenvalue weighted by molar-refractivity contribution is 5.91. The molecule has 1 amide bonds. The van der Waals surface area contributed by atoms with Crippen molar-refractivity contribution in [1.82, 2.24) is 5.32 Å². The molecule has 0 saturated heterocycles. The fourth-order valence-electron chi connectivity index (χ4n) is 1.84. The van der Waals surface area contributed by atoms with Crippen molar-refractivity contribution in [3.63, 3.8) is 0 Å². The lowest BCUT2D eigenvalue weighted by molar-refractivity contribution is -0.117. The van der Waals surface area contributed by atoms with Crippen LogP contribution in [0.1, 0.15) is 24.3 Å². The van der Waals surface area contributed by atoms with Crippen LogP contribution in [0.25, 0.3) is 6.08 Å². The largest absolute Gasteiger partial charge is 0.494 e. The molecule has 0 aliphatic carbocycles. The topological polar surface area (TPSA) is 51.5 Å². The number of furan rings is 1. The Morgan fingerprint density at radius 1 is 1.43 bits per heavy atom. The summed E-state index contributed by atoms with van der Waals surface area (Å²) in [5, 5.41) is 2.75. The average molecular weight is 289 g/mol. The van der Waals surface area contributed by atoms with Gasteiger partial charge in [-0.15, -0.1) is 0 Å². The first-order valence-corrected chi connectivity index (χ1v) is 6.45. The van der Waals surface area contributed by atoms with Gasteiger partial charge in [0.1, 0.15) is 5.76 Å². The number of carbonyl (C=O) groups excluding carboxylic acids is 1. The first-order valence-electron chi connectivity index (χ1n) is 6.45. The zero-order valence-electron chi connectivity index (χ0n) is 11.8. The lowest BCUT2D eigenvalue weighted by Crippen LogP contribution is -2.24. The lowest BCUT2D eigenvalue weighted by Gasteiger charge is -2.14. The third kappa shape index (κ3) is 3.95. The summed E-state index contributed by atoms with van der Waals surface area (Å²) in [4.78, 5) is 11.8. The van der Waals surface area contributed by atoms with Gasteiger partial charge in [0.2, 0.25) is 5.91 Å². The molecule has 1 aromatic carbocycles. The Labute approximate surface area is 122 Å². The van der Waals surface area contributed by atoms with Gasteiger partial charge in [-0.3, -0.25) is 4.79 Å². The van der Waals surface area contributed by atoms with Crippen molar-refractivity contribution in [1.29, 1.82) is 0 Å². The van der Waals surface area contributed by atoms with Gasteiger partial charge < -0.3 is 14.5 Å². The van der Waals surface area contributed by atoms with Gasteiger partial charge in [0.05, 0.1) is 19.4 Å². The summed E-state index contributed by atoms with van der Waals surface area (Å²) in [5.74, 6) is 0.0284. The second-order valence-electron chi connectivity index (χ2n) is 4.47. The van der Waals surface area contributed by atoms with Crippen molar-refractivity contribution >= 4 is 12.0 Å². The maximum absolute atomic E-state index is 13.6. The number of ether oxygens (including phenoxy) is 1. The summed E-state index contributed by atoms with van der Waals surface area (Å²) in [6.45, 7) is 1.78. The predicted octanol–water partition coefficient (Wildman–Crippen LogP) is 3.32. The van der Waals surface area contributed by atoms with Crippen LogP contribution in [-0.2, 0) is 4.79 Å². The summed E-state index contributed by atoms with van der Waals surface area (Å²) in [5.41, 5.74) is 0.660. The molecule has 0 unspecified atom stereocenters. The van der Waals surface area contributed by atoms with Crippen LogP contribution < -0.4 is 10.1 Å². The molecule has 0 aliphatic rings. The third-order valence-electron chi connectivity index (χ3n) is 2.98. The molecule has 1 atom stereocenters. The predicted molar refractivity (Wildman–Crippen MR) is 77.3 cm³/mol. The average Bonchev–Trinajstić information content (AvgIpc) is 2.98. The first kappa shape index (κ1) is 14.8. The molecule has 21 heavy (non-hydrogen) atoms. The van der Waals surface area contributed by atoms with E-state index in [1.165, 1.54) is 31.6 Å². The second-order valence-corrected chi connectivity index (χ2v) is 4.47. The number of hydrogen-bond donors (Lipinski definition) is 1. The molecule has 0 aliphatic heterocycles. The number of benzene rings is 1. The van der Waals surface area contributed by atoms with Crippen LogP contribution in [0, 0.1) is 5.82 Å². The molecule has 1 N–H and O–H groups in total. The summed E-state index contributed by atoms with van der Waals surface area (Å²) in [7, 11) is 1.41. The fraction of sp³-hybridized carbons (Fsp3) is 0.188. The number of halogens is 1. The molecule has 5 heteroatoms. The van der Waals surface area contributed by atoms with Gasteiger partial charge in [-0.2, -0.15) is 0 Å². The molecule has 0 fully saturated rings. The molecule has 110 valence electrons. The number of carbonyl (C=O) groups is 1. The summed E-state index contributed by atoms with van der Waals surface area (Å²) in [6, 6.07) is 7.75. The molecule has 0 saturated carbocycles. The van der Waals surface area contributed by atoms with Crippen LogP contribution in [0.3, 0.4) is 0 Å². The van der Waals surface area contributed by atoms with Gasteiger partial charge in [0, 0.05) is 6.08 Å². The molecule has 0 bridgehead atoms. The van der Waals surface area contributed by atoms with Crippen molar-refractivity contribution in [2.24, 2.45) is 0 Å². The Hall–Kier alpha value is -2.56. The molecular formula is C16H16FNO3. The Morgan fingerprint density at radius 2 is 2.24 bits per heavy atom. The van der Waals surface area contributed by atoms with E-state index >= 15 is 0 Å². The zero-order valence-corrected chi connectivity index (χ0v) is 11.8. The van der Waals surface area contributed by atoms with E-state index in [1.807, 2.05) is 0 Å². The van der Waals surface area contributed by atoms with Gasteiger partial charge in [0.15, 0.2) is 11.6 Å². The van der Waals surface area contributed by atoms with Crippen LogP contribution in [0.5, 0.6) is 5.75 Å². The molecule has 2 rings (SSSR count). The van der Waals surface area contributed by atoms with Crippen LogP contribution in [0.2, 0.25) is 0 Å². The second kappa shape index (κ2) is 6.74. The Bertz CT molecular complexity index is 635. The number of nitrogens with one attached hydrogen (secondary N) is 1. The Balaban J connectivity index is 1.99. The minimum absolute atomic E-state index is 0.176. The molecule has 0 spiro atoms. The number of methoxy groups -OCH3 is 1. The molecule has 2 aromatic rings. The monoisotopic (exact) mass is 289 g/mol. The Kier molecular flexibility index (Phi) is 4.77. The molecule has 0 radical (unpaired) electrons. The highest BCUT2D eigenvalue weighted by atomic mass is 19.1. The van der Waals surface area contributed by atoms with Gasteiger partial charge in [-0.25, -0.2) is 4.39 Å². The zero-order chi connectivity index (χ0) is 15.2. The van der Waals surface area contributed by atoms with Crippen LogP contribution in [-0.4, -0.2) is 13.0 Å². The van der Waals surface area contributed by atoms with Gasteiger partial charge >= 0.3 is 0 Å². The van der Waals surface area contributed by atoms with Crippen LogP contribution in [0.15, 0.2) is 47.1 Å². The quantitative estimate of drug-likeness (QED) is 0.859. The fourth-order valence-corrected chi connectivity index (χ4v) is 1.84. The van der Waals surface area contributed by atoms with Gasteiger partial charge in [0.25, 0.3) is 0 Å². The minimum Gasteiger partial charge on any atom is -0.494 e. The van der Waals surface area contributed by atoms with E-state index in [9.17, 15) is 9.18 Å². The van der Waals surface area contributed by atoms with E-state index < -0.39 is 5.82 Å². The number of hydrogen-bond acceptors (Lipinski definition) is 3. The van der Waals surface area contributed by atoms with E-state index in [-0.39, 0.29) is 17.7 Å². The molecule has 4 nitrogen and oxygen atoms in total. The highest BCUT2D eigenvalue weighted by Gasteiger charge is 2.11. The highest BCUT2D eigenvalue weighted by Crippen LogP contribution is 2.21. The number of amides is 1. The smallest absolute Gasteiger partial charge is 0.244 e. The lowest BCUT2D eigenvalue weighted by atomic mass is 10.1. The van der Waals surface area contributed by atoms with E-state index in [1.54, 1.807) is 31.2 Å². The standard InChI is InChI=1S/C16H16FNO3/c1-11(12-5-7-15(20-2)14(17)10-12)18-16(19)8-6-13-4-3-9-21-13/h3-11H,1-2H3,(H,18,19)/b8-6+/t11-/m0/s1. The van der Waals surface area contributed by atoms with Crippen LogP contribution >= 0.6 is 0 Å². The normalized spacial score (nSPS) is 12.3. The minimum atomic E-state index is -0.456. The molecule has 1 aromatic heterocycles. The summed E-state index contributed by atoms with van der Waals surface area (Å²) < 4.78 is 23.6. The van der Waals surface area contributed by atoms with Crippen molar-refractivity contribution in [3.8, 4) is 5.75 Å². The Morgan fingerprint density at radius 3 is 2.86 bits per heavy atom. The van der Waals surface area contributed by atoms with Crippen molar-refractivity contribution in [3.05, 3.63) is 59.8 Å². The number of rotatable bonds is 5. The van der Waals surface area contributed by atoms with Crippen molar-refractivity contribution in [2.75, 3.05) is 7.11 Å². The third-order valence-corrected chi connectivity index (χ3v) is 2.98.